The summed E-state index contributed by atoms with van der Waals surface area (Å²) in [5.41, 5.74) is 2.07. The maximum absolute atomic E-state index is 12.5. The quantitative estimate of drug-likeness (QED) is 0.887. The molecule has 0 aliphatic carbocycles. The summed E-state index contributed by atoms with van der Waals surface area (Å²) in [7, 11) is -0.0374. The molecule has 0 aliphatic heterocycles. The summed E-state index contributed by atoms with van der Waals surface area (Å²) >= 11 is 6.07. The third-order valence-electron chi connectivity index (χ3n) is 3.21. The maximum atomic E-state index is 12.5. The molecule has 7 heteroatoms. The first kappa shape index (κ1) is 15.9. The summed E-state index contributed by atoms with van der Waals surface area (Å²) in [5, 5.41) is 3.38. The van der Waals surface area contributed by atoms with Crippen molar-refractivity contribution < 1.29 is 8.42 Å². The maximum Gasteiger partial charge on any atom is 0.263 e. The summed E-state index contributed by atoms with van der Waals surface area (Å²) in [5.74, 6) is 0. The van der Waals surface area contributed by atoms with Gasteiger partial charge in [-0.1, -0.05) is 23.7 Å². The van der Waals surface area contributed by atoms with Crippen molar-refractivity contribution in [3.8, 4) is 0 Å². The zero-order valence-electron chi connectivity index (χ0n) is 12.1. The van der Waals surface area contributed by atoms with Gasteiger partial charge in [-0.05, 0) is 31.7 Å². The van der Waals surface area contributed by atoms with Gasteiger partial charge in [-0.25, -0.2) is 8.42 Å². The first-order valence-corrected chi connectivity index (χ1v) is 8.29. The molecule has 1 aromatic carbocycles. The van der Waals surface area contributed by atoms with Crippen LogP contribution >= 0.6 is 11.6 Å². The molecule has 1 aromatic heterocycles. The van der Waals surface area contributed by atoms with Crippen LogP contribution < -0.4 is 10.0 Å². The summed E-state index contributed by atoms with van der Waals surface area (Å²) < 4.78 is 29.3. The number of aryl methyl sites for hydroxylation is 2. The first-order chi connectivity index (χ1) is 9.85. The van der Waals surface area contributed by atoms with Crippen molar-refractivity contribution in [2.24, 2.45) is 7.05 Å². The van der Waals surface area contributed by atoms with E-state index in [-0.39, 0.29) is 4.90 Å². The lowest BCUT2D eigenvalue weighted by atomic mass is 10.2. The number of anilines is 1. The third kappa shape index (κ3) is 3.40. The second-order valence-corrected chi connectivity index (χ2v) is 6.94. The van der Waals surface area contributed by atoms with E-state index >= 15 is 0 Å². The van der Waals surface area contributed by atoms with E-state index in [4.69, 9.17) is 11.6 Å². The van der Waals surface area contributed by atoms with Crippen molar-refractivity contribution >= 4 is 27.3 Å². The smallest absolute Gasteiger partial charge is 0.263 e. The number of benzene rings is 1. The van der Waals surface area contributed by atoms with Gasteiger partial charge in [0.2, 0.25) is 0 Å². The van der Waals surface area contributed by atoms with Gasteiger partial charge in [-0.2, -0.15) is 0 Å². The van der Waals surface area contributed by atoms with Crippen molar-refractivity contribution in [2.45, 2.75) is 18.4 Å². The highest BCUT2D eigenvalue weighted by Gasteiger charge is 2.19. The zero-order chi connectivity index (χ0) is 15.6. The average Bonchev–Trinajstić information content (AvgIpc) is 2.77. The van der Waals surface area contributed by atoms with Crippen molar-refractivity contribution in [3.63, 3.8) is 0 Å². The molecule has 0 radical (unpaired) electrons. The van der Waals surface area contributed by atoms with Gasteiger partial charge in [0.05, 0.1) is 10.7 Å². The molecular formula is C14H18ClN3O2S. The lowest BCUT2D eigenvalue weighted by Crippen LogP contribution is -2.13. The van der Waals surface area contributed by atoms with Gasteiger partial charge in [0.25, 0.3) is 10.0 Å². The average molecular weight is 328 g/mol. The van der Waals surface area contributed by atoms with E-state index in [0.717, 1.165) is 11.3 Å². The van der Waals surface area contributed by atoms with E-state index in [2.05, 4.69) is 10.0 Å². The number of aromatic nitrogens is 1. The molecule has 0 spiro atoms. The van der Waals surface area contributed by atoms with Crippen LogP contribution in [-0.2, 0) is 23.6 Å². The van der Waals surface area contributed by atoms with Crippen LogP contribution in [0.3, 0.4) is 0 Å². The van der Waals surface area contributed by atoms with E-state index in [1.165, 1.54) is 0 Å². The normalized spacial score (nSPS) is 11.6. The van der Waals surface area contributed by atoms with Crippen LogP contribution in [0.2, 0.25) is 5.02 Å². The fraction of sp³-hybridized carbons (Fsp3) is 0.286. The van der Waals surface area contributed by atoms with Crippen molar-refractivity contribution in [3.05, 3.63) is 46.7 Å². The van der Waals surface area contributed by atoms with E-state index in [9.17, 15) is 8.42 Å². The number of halogens is 1. The summed E-state index contributed by atoms with van der Waals surface area (Å²) in [4.78, 5) is 0.217. The monoisotopic (exact) mass is 327 g/mol. The molecule has 114 valence electrons. The second-order valence-electron chi connectivity index (χ2n) is 4.85. The van der Waals surface area contributed by atoms with Crippen LogP contribution in [0, 0.1) is 6.92 Å². The molecule has 2 N–H and O–H groups in total. The molecule has 0 saturated carbocycles. The minimum atomic E-state index is -3.66. The number of nitrogens with one attached hydrogen (secondary N) is 2. The number of rotatable bonds is 5. The van der Waals surface area contributed by atoms with Crippen LogP contribution in [0.5, 0.6) is 0 Å². The number of para-hydroxylation sites is 1. The molecule has 1 heterocycles. The fourth-order valence-electron chi connectivity index (χ4n) is 2.04. The lowest BCUT2D eigenvalue weighted by molar-refractivity contribution is 0.601. The van der Waals surface area contributed by atoms with Crippen LogP contribution in [0.25, 0.3) is 0 Å². The predicted molar refractivity (Wildman–Crippen MR) is 85.2 cm³/mol. The predicted octanol–water partition coefficient (Wildman–Crippen LogP) is 2.51. The Balaban J connectivity index is 2.37. The number of hydrogen-bond donors (Lipinski definition) is 2. The standard InChI is InChI=1S/C14H18ClN3O2S/c1-10-5-4-6-13(15)14(10)17-21(19,20)12-7-11(8-16-2)18(3)9-12/h4-7,9,16-17H,8H2,1-3H3. The summed E-state index contributed by atoms with van der Waals surface area (Å²) in [6.07, 6.45) is 1.58. The Morgan fingerprint density at radius 1 is 1.33 bits per heavy atom. The number of hydrogen-bond acceptors (Lipinski definition) is 3. The molecule has 0 amide bonds. The molecule has 0 saturated heterocycles. The van der Waals surface area contributed by atoms with Crippen molar-refractivity contribution in [2.75, 3.05) is 11.8 Å². The van der Waals surface area contributed by atoms with Gasteiger partial charge in [0.1, 0.15) is 4.90 Å². The second kappa shape index (κ2) is 6.09. The highest BCUT2D eigenvalue weighted by Crippen LogP contribution is 2.28. The Bertz CT molecular complexity index is 733. The molecule has 0 fully saturated rings. The Labute approximate surface area is 130 Å². The number of nitrogens with zero attached hydrogens (tertiary/aromatic N) is 1. The van der Waals surface area contributed by atoms with E-state index in [0.29, 0.717) is 17.3 Å². The van der Waals surface area contributed by atoms with Gasteiger partial charge < -0.3 is 9.88 Å². The van der Waals surface area contributed by atoms with Gasteiger partial charge in [-0.3, -0.25) is 4.72 Å². The highest BCUT2D eigenvalue weighted by molar-refractivity contribution is 7.92. The molecule has 21 heavy (non-hydrogen) atoms. The largest absolute Gasteiger partial charge is 0.352 e. The van der Waals surface area contributed by atoms with Crippen LogP contribution in [0.1, 0.15) is 11.3 Å². The van der Waals surface area contributed by atoms with Crippen LogP contribution in [0.4, 0.5) is 5.69 Å². The van der Waals surface area contributed by atoms with E-state index in [1.807, 2.05) is 14.1 Å². The minimum absolute atomic E-state index is 0.217. The summed E-state index contributed by atoms with van der Waals surface area (Å²) in [6, 6.07) is 6.89. The van der Waals surface area contributed by atoms with Crippen molar-refractivity contribution in [1.29, 1.82) is 0 Å². The molecule has 0 bridgehead atoms. The topological polar surface area (TPSA) is 63.1 Å². The van der Waals surface area contributed by atoms with Crippen LogP contribution in [0.15, 0.2) is 35.4 Å². The zero-order valence-corrected chi connectivity index (χ0v) is 13.7. The molecule has 5 nitrogen and oxygen atoms in total. The van der Waals surface area contributed by atoms with Gasteiger partial charge in [0, 0.05) is 25.5 Å². The molecule has 2 aromatic rings. The molecule has 2 rings (SSSR count). The van der Waals surface area contributed by atoms with Gasteiger partial charge in [0.15, 0.2) is 0 Å². The molecule has 0 unspecified atom stereocenters. The minimum Gasteiger partial charge on any atom is -0.352 e. The Morgan fingerprint density at radius 2 is 2.05 bits per heavy atom. The molecule has 0 atom stereocenters. The Morgan fingerprint density at radius 3 is 2.67 bits per heavy atom. The fourth-order valence-corrected chi connectivity index (χ4v) is 3.61. The lowest BCUT2D eigenvalue weighted by Gasteiger charge is -2.11. The molecule has 0 aliphatic rings. The van der Waals surface area contributed by atoms with E-state index < -0.39 is 10.0 Å². The SMILES string of the molecule is CNCc1cc(S(=O)(=O)Nc2c(C)cccc2Cl)cn1C. The van der Waals surface area contributed by atoms with Gasteiger partial charge >= 0.3 is 0 Å². The van der Waals surface area contributed by atoms with Crippen LogP contribution in [-0.4, -0.2) is 20.0 Å². The van der Waals surface area contributed by atoms with E-state index in [1.54, 1.807) is 42.0 Å². The Hall–Kier alpha value is -1.50. The molecular weight excluding hydrogens is 310 g/mol. The van der Waals surface area contributed by atoms with Crippen molar-refractivity contribution in [1.82, 2.24) is 9.88 Å². The summed E-state index contributed by atoms with van der Waals surface area (Å²) in [6.45, 7) is 2.40. The first-order valence-electron chi connectivity index (χ1n) is 6.43. The highest BCUT2D eigenvalue weighted by atomic mass is 35.5. The number of sulfonamides is 1. The third-order valence-corrected chi connectivity index (χ3v) is 4.84. The Kier molecular flexibility index (Phi) is 4.61. The van der Waals surface area contributed by atoms with Gasteiger partial charge in [-0.15, -0.1) is 0 Å².